The quantitative estimate of drug-likeness (QED) is 0.801. The van der Waals surface area contributed by atoms with Gasteiger partial charge >= 0.3 is 0 Å². The third kappa shape index (κ3) is 4.01. The van der Waals surface area contributed by atoms with Gasteiger partial charge in [-0.1, -0.05) is 0 Å². The molecule has 2 aromatic rings. The van der Waals surface area contributed by atoms with Crippen molar-refractivity contribution in [2.24, 2.45) is 7.05 Å². The summed E-state index contributed by atoms with van der Waals surface area (Å²) in [5.41, 5.74) is 3.20. The van der Waals surface area contributed by atoms with Crippen molar-refractivity contribution >= 4 is 11.3 Å². The second-order valence-electron chi connectivity index (χ2n) is 7.65. The van der Waals surface area contributed by atoms with Crippen LogP contribution in [0.2, 0.25) is 0 Å². The van der Waals surface area contributed by atoms with E-state index in [9.17, 15) is 0 Å². The van der Waals surface area contributed by atoms with Gasteiger partial charge in [0.2, 0.25) is 0 Å². The second-order valence-corrected chi connectivity index (χ2v) is 8.59. The number of imidazole rings is 1. The van der Waals surface area contributed by atoms with Crippen LogP contribution in [-0.4, -0.2) is 69.3 Å². The summed E-state index contributed by atoms with van der Waals surface area (Å²) in [4.78, 5) is 15.4. The zero-order valence-electron chi connectivity index (χ0n) is 15.9. The van der Waals surface area contributed by atoms with Gasteiger partial charge in [0.1, 0.15) is 5.82 Å². The lowest BCUT2D eigenvalue weighted by atomic mass is 9.89. The first-order valence-corrected chi connectivity index (χ1v) is 10.5. The van der Waals surface area contributed by atoms with Crippen LogP contribution in [0.3, 0.4) is 0 Å². The number of piperidine rings is 1. The van der Waals surface area contributed by atoms with Gasteiger partial charge in [-0.25, -0.2) is 9.97 Å². The minimum atomic E-state index is 0.0547. The van der Waals surface area contributed by atoms with Gasteiger partial charge in [0.05, 0.1) is 23.4 Å². The maximum Gasteiger partial charge on any atom is 0.109 e. The van der Waals surface area contributed by atoms with Gasteiger partial charge in [-0.05, 0) is 19.8 Å². The molecule has 0 N–H and O–H groups in total. The summed E-state index contributed by atoms with van der Waals surface area (Å²) in [7, 11) is 2.07. The van der Waals surface area contributed by atoms with Crippen molar-refractivity contribution in [1.82, 2.24) is 24.3 Å². The Morgan fingerprint density at radius 3 is 2.73 bits per heavy atom. The zero-order valence-corrected chi connectivity index (χ0v) is 16.7. The van der Waals surface area contributed by atoms with E-state index in [1.807, 2.05) is 17.9 Å². The zero-order chi connectivity index (χ0) is 18.0. The molecule has 1 spiro atoms. The van der Waals surface area contributed by atoms with Crippen molar-refractivity contribution in [3.05, 3.63) is 34.3 Å². The molecule has 0 aliphatic carbocycles. The fourth-order valence-electron chi connectivity index (χ4n) is 4.11. The Balaban J connectivity index is 1.29. The van der Waals surface area contributed by atoms with Crippen LogP contribution >= 0.6 is 11.3 Å². The number of likely N-dealkylation sites (tertiary alicyclic amines) is 1. The molecule has 7 heteroatoms. The molecule has 2 aliphatic heterocycles. The molecule has 2 aromatic heterocycles. The van der Waals surface area contributed by atoms with Crippen LogP contribution < -0.4 is 0 Å². The third-order valence-corrected chi connectivity index (χ3v) is 6.80. The first-order chi connectivity index (χ1) is 12.6. The molecule has 4 heterocycles. The summed E-state index contributed by atoms with van der Waals surface area (Å²) >= 11 is 1.78. The summed E-state index contributed by atoms with van der Waals surface area (Å²) in [6, 6.07) is 0. The molecule has 6 nitrogen and oxygen atoms in total. The lowest BCUT2D eigenvalue weighted by molar-refractivity contribution is -0.136. The van der Waals surface area contributed by atoms with Crippen molar-refractivity contribution in [2.45, 2.75) is 38.3 Å². The van der Waals surface area contributed by atoms with Gasteiger partial charge in [-0.15, -0.1) is 11.3 Å². The average Bonchev–Trinajstić information content (AvgIpc) is 3.24. The van der Waals surface area contributed by atoms with E-state index < -0.39 is 0 Å². The van der Waals surface area contributed by atoms with E-state index in [0.29, 0.717) is 0 Å². The van der Waals surface area contributed by atoms with Crippen molar-refractivity contribution in [1.29, 1.82) is 0 Å². The summed E-state index contributed by atoms with van der Waals surface area (Å²) in [6.45, 7) is 9.40. The van der Waals surface area contributed by atoms with Gasteiger partial charge in [0.15, 0.2) is 0 Å². The van der Waals surface area contributed by atoms with Gasteiger partial charge in [-0.2, -0.15) is 0 Å². The highest BCUT2D eigenvalue weighted by molar-refractivity contribution is 7.09. The Morgan fingerprint density at radius 2 is 2.04 bits per heavy atom. The number of nitrogens with zero attached hydrogens (tertiary/aromatic N) is 5. The standard InChI is InChI=1S/C19H29N5OS/c1-16-17(26-15-21-16)13-23-8-4-19(5-9-23)14-24(11-12-25-19)7-3-18-20-6-10-22(18)2/h6,10,15H,3-5,7-9,11-14H2,1-2H3. The fourth-order valence-corrected chi connectivity index (χ4v) is 4.93. The predicted octanol–water partition coefficient (Wildman–Crippen LogP) is 2.09. The molecule has 0 amide bonds. The van der Waals surface area contributed by atoms with E-state index in [1.54, 1.807) is 11.3 Å². The molecule has 2 saturated heterocycles. The molecule has 0 unspecified atom stereocenters. The number of rotatable bonds is 5. The normalized spacial score (nSPS) is 21.5. The Labute approximate surface area is 159 Å². The number of hydrogen-bond donors (Lipinski definition) is 0. The van der Waals surface area contributed by atoms with Gasteiger partial charge in [-0.3, -0.25) is 9.80 Å². The number of hydrogen-bond acceptors (Lipinski definition) is 6. The van der Waals surface area contributed by atoms with Crippen LogP contribution in [0.15, 0.2) is 17.9 Å². The molecule has 0 saturated carbocycles. The predicted molar refractivity (Wildman–Crippen MR) is 103 cm³/mol. The van der Waals surface area contributed by atoms with Crippen LogP contribution in [0.1, 0.15) is 29.2 Å². The smallest absolute Gasteiger partial charge is 0.109 e. The molecule has 142 valence electrons. The maximum absolute atomic E-state index is 6.31. The molecule has 4 rings (SSSR count). The van der Waals surface area contributed by atoms with Gasteiger partial charge in [0.25, 0.3) is 0 Å². The molecule has 0 aromatic carbocycles. The number of thiazole rings is 1. The minimum Gasteiger partial charge on any atom is -0.372 e. The molecule has 2 fully saturated rings. The van der Waals surface area contributed by atoms with Gasteiger partial charge < -0.3 is 9.30 Å². The summed E-state index contributed by atoms with van der Waals surface area (Å²) in [5.74, 6) is 1.17. The van der Waals surface area contributed by atoms with E-state index in [4.69, 9.17) is 4.74 Å². The molecule has 26 heavy (non-hydrogen) atoms. The molecular weight excluding hydrogens is 346 g/mol. The third-order valence-electron chi connectivity index (χ3n) is 5.88. The lowest BCUT2D eigenvalue weighted by Gasteiger charge is -2.47. The van der Waals surface area contributed by atoms with Crippen molar-refractivity contribution in [2.75, 3.05) is 39.3 Å². The summed E-state index contributed by atoms with van der Waals surface area (Å²) < 4.78 is 8.43. The monoisotopic (exact) mass is 375 g/mol. The Bertz CT molecular complexity index is 719. The van der Waals surface area contributed by atoms with Crippen molar-refractivity contribution in [3.8, 4) is 0 Å². The number of aryl methyl sites for hydroxylation is 2. The van der Waals surface area contributed by atoms with E-state index in [1.165, 1.54) is 16.4 Å². The topological polar surface area (TPSA) is 46.4 Å². The number of aromatic nitrogens is 3. The molecule has 2 aliphatic rings. The van der Waals surface area contributed by atoms with Crippen LogP contribution in [0.25, 0.3) is 0 Å². The van der Waals surface area contributed by atoms with E-state index >= 15 is 0 Å². The highest BCUT2D eigenvalue weighted by Gasteiger charge is 2.39. The summed E-state index contributed by atoms with van der Waals surface area (Å²) in [5, 5.41) is 0. The minimum absolute atomic E-state index is 0.0547. The van der Waals surface area contributed by atoms with Crippen molar-refractivity contribution < 1.29 is 4.74 Å². The molecular formula is C19H29N5OS. The number of morpholine rings is 1. The Morgan fingerprint density at radius 1 is 1.19 bits per heavy atom. The Hall–Kier alpha value is -1.28. The van der Waals surface area contributed by atoms with Crippen LogP contribution in [0.4, 0.5) is 0 Å². The maximum atomic E-state index is 6.31. The highest BCUT2D eigenvalue weighted by atomic mass is 32.1. The fraction of sp³-hybridized carbons (Fsp3) is 0.684. The largest absolute Gasteiger partial charge is 0.372 e. The van der Waals surface area contributed by atoms with Crippen LogP contribution in [0.5, 0.6) is 0 Å². The highest BCUT2D eigenvalue weighted by Crippen LogP contribution is 2.31. The van der Waals surface area contributed by atoms with Crippen LogP contribution in [0, 0.1) is 6.92 Å². The number of ether oxygens (including phenoxy) is 1. The lowest BCUT2D eigenvalue weighted by Crippen LogP contribution is -2.57. The molecule has 0 bridgehead atoms. The second kappa shape index (κ2) is 7.76. The van der Waals surface area contributed by atoms with E-state index in [-0.39, 0.29) is 5.60 Å². The van der Waals surface area contributed by atoms with Crippen molar-refractivity contribution in [3.63, 3.8) is 0 Å². The molecule has 0 atom stereocenters. The van der Waals surface area contributed by atoms with E-state index in [2.05, 4.69) is 38.3 Å². The SMILES string of the molecule is Cc1ncsc1CN1CCC2(CC1)CN(CCc1nccn1C)CCO2. The average molecular weight is 376 g/mol. The first-order valence-electron chi connectivity index (χ1n) is 9.57. The van der Waals surface area contributed by atoms with Gasteiger partial charge in [0, 0.05) is 70.0 Å². The summed E-state index contributed by atoms with van der Waals surface area (Å²) in [6.07, 6.45) is 7.18. The molecule has 0 radical (unpaired) electrons. The van der Waals surface area contributed by atoms with Crippen LogP contribution in [-0.2, 0) is 24.8 Å². The first kappa shape index (κ1) is 18.1. The van der Waals surface area contributed by atoms with E-state index in [0.717, 1.165) is 65.1 Å². The Kier molecular flexibility index (Phi) is 5.40.